The van der Waals surface area contributed by atoms with Crippen LogP contribution in [0, 0.1) is 17.7 Å². The first-order chi connectivity index (χ1) is 14.6. The lowest BCUT2D eigenvalue weighted by Crippen LogP contribution is -2.56. The van der Waals surface area contributed by atoms with E-state index in [2.05, 4.69) is 10.6 Å². The van der Waals surface area contributed by atoms with Gasteiger partial charge in [0.2, 0.25) is 17.7 Å². The number of hydrogen-bond donors (Lipinski definition) is 2. The highest BCUT2D eigenvalue weighted by Crippen LogP contribution is 2.54. The molecule has 2 N–H and O–H groups in total. The Labute approximate surface area is 179 Å². The van der Waals surface area contributed by atoms with Gasteiger partial charge < -0.3 is 5.32 Å². The second kappa shape index (κ2) is 6.47. The lowest BCUT2D eigenvalue weighted by Gasteiger charge is -2.34. The molecule has 1 spiro atoms. The molecule has 0 unspecified atom stereocenters. The molecule has 5 rings (SSSR count). The fourth-order valence-electron chi connectivity index (χ4n) is 5.48. The molecular formula is C24H24FN3O3. The van der Waals surface area contributed by atoms with Gasteiger partial charge in [-0.15, -0.1) is 0 Å². The molecule has 7 heteroatoms. The molecule has 0 radical (unpaired) electrons. The van der Waals surface area contributed by atoms with Crippen LogP contribution in [0.25, 0.3) is 0 Å². The summed E-state index contributed by atoms with van der Waals surface area (Å²) in [6.07, 6.45) is 0.471. The van der Waals surface area contributed by atoms with E-state index < -0.39 is 46.6 Å². The Morgan fingerprint density at radius 2 is 1.74 bits per heavy atom. The van der Waals surface area contributed by atoms with Crippen molar-refractivity contribution >= 4 is 23.4 Å². The van der Waals surface area contributed by atoms with Gasteiger partial charge in [0.25, 0.3) is 0 Å². The van der Waals surface area contributed by atoms with Crippen LogP contribution in [-0.4, -0.2) is 34.2 Å². The van der Waals surface area contributed by atoms with Gasteiger partial charge >= 0.3 is 0 Å². The molecule has 4 atom stereocenters. The molecule has 3 amide bonds. The number of halogens is 1. The van der Waals surface area contributed by atoms with Crippen molar-refractivity contribution in [3.05, 3.63) is 65.5 Å². The highest BCUT2D eigenvalue weighted by molar-refractivity contribution is 6.15. The molecule has 2 aromatic rings. The number of nitrogens with zero attached hydrogens (tertiary/aromatic N) is 1. The van der Waals surface area contributed by atoms with Crippen molar-refractivity contribution in [2.75, 3.05) is 5.32 Å². The largest absolute Gasteiger partial charge is 0.324 e. The van der Waals surface area contributed by atoms with Gasteiger partial charge in [0.1, 0.15) is 11.4 Å². The maximum atomic E-state index is 14.2. The average molecular weight is 421 g/mol. The van der Waals surface area contributed by atoms with Crippen molar-refractivity contribution in [1.29, 1.82) is 0 Å². The summed E-state index contributed by atoms with van der Waals surface area (Å²) >= 11 is 0. The van der Waals surface area contributed by atoms with E-state index in [0.717, 1.165) is 5.56 Å². The highest BCUT2D eigenvalue weighted by atomic mass is 19.1. The maximum absolute atomic E-state index is 14.2. The fourth-order valence-corrected chi connectivity index (χ4v) is 5.48. The molecule has 0 aliphatic carbocycles. The number of nitrogens with one attached hydrogen (secondary N) is 2. The van der Waals surface area contributed by atoms with Crippen LogP contribution in [0.5, 0.6) is 0 Å². The summed E-state index contributed by atoms with van der Waals surface area (Å²) in [5.74, 6) is -3.24. The molecular weight excluding hydrogens is 397 g/mol. The standard InChI is InChI=1S/C24H24FN3O3/c1-23(2,3)28-20(29)18-17(11-13-7-5-4-6-8-13)27-24(19(18)21(28)30)15-12-14(25)9-10-16(15)26-22(24)31/h4-10,12,17-19,27H,11H2,1-3H3,(H,26,31)/t17-,18-,19+,24+/m1/s1. The second-order valence-corrected chi connectivity index (χ2v) is 9.58. The van der Waals surface area contributed by atoms with E-state index in [0.29, 0.717) is 17.7 Å². The van der Waals surface area contributed by atoms with Gasteiger partial charge in [-0.3, -0.25) is 24.6 Å². The number of benzene rings is 2. The van der Waals surface area contributed by atoms with E-state index in [1.54, 1.807) is 20.8 Å². The van der Waals surface area contributed by atoms with Gasteiger partial charge in [-0.1, -0.05) is 30.3 Å². The molecule has 2 aromatic carbocycles. The van der Waals surface area contributed by atoms with Crippen LogP contribution in [0.2, 0.25) is 0 Å². The van der Waals surface area contributed by atoms with Gasteiger partial charge in [-0.25, -0.2) is 4.39 Å². The molecule has 2 fully saturated rings. The lowest BCUT2D eigenvalue weighted by atomic mass is 9.76. The Kier molecular flexibility index (Phi) is 4.15. The number of fused-ring (bicyclic) bond motifs is 4. The van der Waals surface area contributed by atoms with E-state index in [1.165, 1.54) is 23.1 Å². The first kappa shape index (κ1) is 19.9. The monoisotopic (exact) mass is 421 g/mol. The maximum Gasteiger partial charge on any atom is 0.250 e. The number of carbonyl (C=O) groups is 3. The van der Waals surface area contributed by atoms with Crippen molar-refractivity contribution in [2.45, 2.75) is 44.3 Å². The Bertz CT molecular complexity index is 1110. The fraction of sp³-hybridized carbons (Fsp3) is 0.375. The quantitative estimate of drug-likeness (QED) is 0.731. The summed E-state index contributed by atoms with van der Waals surface area (Å²) in [4.78, 5) is 41.8. The van der Waals surface area contributed by atoms with Crippen LogP contribution < -0.4 is 10.6 Å². The highest BCUT2D eigenvalue weighted by Gasteiger charge is 2.71. The van der Waals surface area contributed by atoms with E-state index in [9.17, 15) is 18.8 Å². The predicted octanol–water partition coefficient (Wildman–Crippen LogP) is 2.59. The van der Waals surface area contributed by atoms with Gasteiger partial charge in [-0.2, -0.15) is 0 Å². The lowest BCUT2D eigenvalue weighted by molar-refractivity contribution is -0.147. The summed E-state index contributed by atoms with van der Waals surface area (Å²) in [5, 5.41) is 6.13. The zero-order valence-electron chi connectivity index (χ0n) is 17.6. The Balaban J connectivity index is 1.68. The summed E-state index contributed by atoms with van der Waals surface area (Å²) < 4.78 is 14.2. The zero-order chi connectivity index (χ0) is 22.1. The smallest absolute Gasteiger partial charge is 0.250 e. The number of imide groups is 1. The second-order valence-electron chi connectivity index (χ2n) is 9.58. The summed E-state index contributed by atoms with van der Waals surface area (Å²) in [5.41, 5.74) is -0.360. The van der Waals surface area contributed by atoms with Gasteiger partial charge in [0.15, 0.2) is 0 Å². The third-order valence-corrected chi connectivity index (χ3v) is 6.65. The molecule has 31 heavy (non-hydrogen) atoms. The number of anilines is 1. The topological polar surface area (TPSA) is 78.5 Å². The average Bonchev–Trinajstić information content (AvgIpc) is 3.27. The Morgan fingerprint density at radius 1 is 1.03 bits per heavy atom. The normalized spacial score (nSPS) is 29.5. The minimum atomic E-state index is -1.48. The molecule has 0 aromatic heterocycles. The number of likely N-dealkylation sites (tertiary alicyclic amines) is 1. The van der Waals surface area contributed by atoms with Crippen LogP contribution in [0.3, 0.4) is 0 Å². The first-order valence-electron chi connectivity index (χ1n) is 10.5. The molecule has 0 bridgehead atoms. The number of amides is 3. The summed E-state index contributed by atoms with van der Waals surface area (Å²) in [7, 11) is 0. The number of hydrogen-bond acceptors (Lipinski definition) is 4. The van der Waals surface area contributed by atoms with Crippen molar-refractivity contribution < 1.29 is 18.8 Å². The molecule has 160 valence electrons. The van der Waals surface area contributed by atoms with Crippen LogP contribution in [0.1, 0.15) is 31.9 Å². The van der Waals surface area contributed by atoms with Crippen LogP contribution in [0.15, 0.2) is 48.5 Å². The molecule has 6 nitrogen and oxygen atoms in total. The molecule has 3 heterocycles. The molecule has 3 aliphatic rings. The first-order valence-corrected chi connectivity index (χ1v) is 10.5. The Morgan fingerprint density at radius 3 is 2.42 bits per heavy atom. The van der Waals surface area contributed by atoms with Crippen molar-refractivity contribution in [1.82, 2.24) is 10.2 Å². The van der Waals surface area contributed by atoms with Crippen molar-refractivity contribution in [3.8, 4) is 0 Å². The van der Waals surface area contributed by atoms with Crippen LogP contribution in [0.4, 0.5) is 10.1 Å². The molecule has 2 saturated heterocycles. The van der Waals surface area contributed by atoms with Gasteiger partial charge in [-0.05, 0) is 51.0 Å². The van der Waals surface area contributed by atoms with Gasteiger partial charge in [0, 0.05) is 22.8 Å². The summed E-state index contributed by atoms with van der Waals surface area (Å²) in [6.45, 7) is 5.41. The van der Waals surface area contributed by atoms with E-state index >= 15 is 0 Å². The Hall–Kier alpha value is -3.06. The predicted molar refractivity (Wildman–Crippen MR) is 112 cm³/mol. The van der Waals surface area contributed by atoms with Crippen LogP contribution >= 0.6 is 0 Å². The number of rotatable bonds is 2. The third kappa shape index (κ3) is 2.69. The van der Waals surface area contributed by atoms with Crippen molar-refractivity contribution in [3.63, 3.8) is 0 Å². The van der Waals surface area contributed by atoms with E-state index in [4.69, 9.17) is 0 Å². The summed E-state index contributed by atoms with van der Waals surface area (Å²) in [6, 6.07) is 13.2. The number of carbonyl (C=O) groups excluding carboxylic acids is 3. The van der Waals surface area contributed by atoms with Crippen LogP contribution in [-0.2, 0) is 26.3 Å². The minimum absolute atomic E-state index is 0.287. The van der Waals surface area contributed by atoms with E-state index in [-0.39, 0.29) is 5.91 Å². The third-order valence-electron chi connectivity index (χ3n) is 6.65. The minimum Gasteiger partial charge on any atom is -0.324 e. The SMILES string of the molecule is CC(C)(C)N1C(=O)[C@H]2[C@@H](C1=O)[C@]1(N[C@@H]2Cc2ccccc2)C(=O)Nc2ccc(F)cc21. The molecule has 3 aliphatic heterocycles. The van der Waals surface area contributed by atoms with Gasteiger partial charge in [0.05, 0.1) is 11.8 Å². The van der Waals surface area contributed by atoms with Crippen molar-refractivity contribution in [2.24, 2.45) is 11.8 Å². The van der Waals surface area contributed by atoms with E-state index in [1.807, 2.05) is 30.3 Å². The molecule has 0 saturated carbocycles. The zero-order valence-corrected chi connectivity index (χ0v) is 17.6.